The Balaban J connectivity index is 2.86. The molecule has 1 rings (SSSR count). The molecule has 0 bridgehead atoms. The summed E-state index contributed by atoms with van der Waals surface area (Å²) in [5.74, 6) is -0.605. The number of carbonyl (C=O) groups excluding carboxylic acids is 1. The van der Waals surface area contributed by atoms with Gasteiger partial charge in [0.05, 0.1) is 6.61 Å². The van der Waals surface area contributed by atoms with E-state index < -0.39 is 17.7 Å². The number of nitrogens with zero attached hydrogens (tertiary/aromatic N) is 1. The molecule has 0 aromatic heterocycles. The van der Waals surface area contributed by atoms with Gasteiger partial charge < -0.3 is 25.0 Å². The van der Waals surface area contributed by atoms with Crippen molar-refractivity contribution in [3.05, 3.63) is 23.8 Å². The Morgan fingerprint density at radius 3 is 2.50 bits per heavy atom. The van der Waals surface area contributed by atoms with Crippen LogP contribution in [0.15, 0.2) is 23.2 Å². The van der Waals surface area contributed by atoms with Gasteiger partial charge in [-0.3, -0.25) is 0 Å². The summed E-state index contributed by atoms with van der Waals surface area (Å²) >= 11 is 0. The topological polar surface area (TPSA) is 117 Å². The Hall–Kier alpha value is -2.61. The average molecular weight is 366 g/mol. The number of carbonyl (C=O) groups is 2. The summed E-state index contributed by atoms with van der Waals surface area (Å²) in [6, 6.07) is 4.49. The first-order valence-corrected chi connectivity index (χ1v) is 8.28. The van der Waals surface area contributed by atoms with E-state index >= 15 is 0 Å². The summed E-state index contributed by atoms with van der Waals surface area (Å²) in [4.78, 5) is 26.8. The molecule has 0 fully saturated rings. The van der Waals surface area contributed by atoms with Gasteiger partial charge in [0.25, 0.3) is 0 Å². The Kier molecular flexibility index (Phi) is 8.05. The molecular formula is C18H26N2O6. The van der Waals surface area contributed by atoms with Gasteiger partial charge in [-0.25, -0.2) is 9.59 Å². The first-order valence-electron chi connectivity index (χ1n) is 8.28. The van der Waals surface area contributed by atoms with Crippen LogP contribution in [-0.4, -0.2) is 46.9 Å². The van der Waals surface area contributed by atoms with Crippen LogP contribution >= 0.6 is 0 Å². The van der Waals surface area contributed by atoms with Crippen molar-refractivity contribution in [1.29, 1.82) is 0 Å². The lowest BCUT2D eigenvalue weighted by Crippen LogP contribution is -2.23. The minimum atomic E-state index is -1.10. The highest BCUT2D eigenvalue weighted by atomic mass is 16.6. The Labute approximate surface area is 152 Å². The van der Waals surface area contributed by atoms with Gasteiger partial charge in [-0.2, -0.15) is 4.99 Å². The van der Waals surface area contributed by atoms with Gasteiger partial charge >= 0.3 is 12.1 Å². The van der Waals surface area contributed by atoms with E-state index in [2.05, 4.69) is 10.3 Å². The second-order valence-electron chi connectivity index (χ2n) is 6.60. The van der Waals surface area contributed by atoms with Crippen molar-refractivity contribution in [2.75, 3.05) is 18.5 Å². The molecule has 0 saturated carbocycles. The van der Waals surface area contributed by atoms with E-state index in [4.69, 9.17) is 14.6 Å². The lowest BCUT2D eigenvalue weighted by Gasteiger charge is -2.17. The predicted octanol–water partition coefficient (Wildman–Crippen LogP) is 3.30. The molecule has 26 heavy (non-hydrogen) atoms. The first-order chi connectivity index (χ1) is 12.1. The highest BCUT2D eigenvalue weighted by Gasteiger charge is 2.16. The van der Waals surface area contributed by atoms with E-state index in [1.807, 2.05) is 0 Å². The van der Waals surface area contributed by atoms with Crippen LogP contribution in [-0.2, 0) is 4.74 Å². The molecular weight excluding hydrogens is 340 g/mol. The lowest BCUT2D eigenvalue weighted by atomic mass is 10.2. The lowest BCUT2D eigenvalue weighted by molar-refractivity contribution is 0.0603. The molecule has 8 nitrogen and oxygen atoms in total. The molecule has 0 saturated heterocycles. The number of hydrogen-bond donors (Lipinski definition) is 3. The number of carboxylic acid groups (broad SMARTS) is 1. The number of nitrogens with one attached hydrogen (secondary N) is 1. The van der Waals surface area contributed by atoms with Crippen LogP contribution in [0.4, 0.5) is 10.5 Å². The van der Waals surface area contributed by atoms with Crippen molar-refractivity contribution in [2.45, 2.75) is 46.1 Å². The first kappa shape index (κ1) is 21.4. The summed E-state index contributed by atoms with van der Waals surface area (Å²) in [6.07, 6.45) is 0.457. The van der Waals surface area contributed by atoms with Crippen molar-refractivity contribution in [2.24, 2.45) is 4.99 Å². The number of ether oxygens (including phenoxy) is 2. The van der Waals surface area contributed by atoms with Gasteiger partial charge in [0.15, 0.2) is 0 Å². The van der Waals surface area contributed by atoms with Crippen molar-refractivity contribution >= 4 is 23.6 Å². The number of amidine groups is 1. The number of aliphatic imine (C=N–C) groups is 1. The summed E-state index contributed by atoms with van der Waals surface area (Å²) in [6.45, 7) is 7.17. The maximum atomic E-state index is 11.7. The molecule has 0 spiro atoms. The highest BCUT2D eigenvalue weighted by Crippen LogP contribution is 2.24. The summed E-state index contributed by atoms with van der Waals surface area (Å²) in [5, 5.41) is 20.9. The molecule has 144 valence electrons. The Morgan fingerprint density at radius 2 is 1.92 bits per heavy atom. The average Bonchev–Trinajstić information content (AvgIpc) is 2.49. The number of benzene rings is 1. The zero-order valence-electron chi connectivity index (χ0n) is 15.5. The van der Waals surface area contributed by atoms with Crippen molar-refractivity contribution in [3.8, 4) is 5.75 Å². The van der Waals surface area contributed by atoms with Crippen LogP contribution in [0.3, 0.4) is 0 Å². The van der Waals surface area contributed by atoms with E-state index in [-0.39, 0.29) is 24.5 Å². The predicted molar refractivity (Wildman–Crippen MR) is 98.2 cm³/mol. The van der Waals surface area contributed by atoms with Gasteiger partial charge in [0.2, 0.25) is 0 Å². The molecule has 3 N–H and O–H groups in total. The minimum Gasteiger partial charge on any atom is -0.493 e. The number of rotatable bonds is 7. The largest absolute Gasteiger partial charge is 0.493 e. The molecule has 0 aliphatic heterocycles. The van der Waals surface area contributed by atoms with Crippen LogP contribution < -0.4 is 10.1 Å². The summed E-state index contributed by atoms with van der Waals surface area (Å²) in [5.41, 5.74) is -0.0854. The van der Waals surface area contributed by atoms with Crippen LogP contribution in [0.2, 0.25) is 0 Å². The third kappa shape index (κ3) is 7.98. The normalized spacial score (nSPS) is 11.8. The molecule has 1 aromatic carbocycles. The third-order valence-electron chi connectivity index (χ3n) is 3.00. The number of aliphatic hydroxyl groups is 1. The van der Waals surface area contributed by atoms with E-state index in [0.717, 1.165) is 0 Å². The number of carboxylic acids is 1. The third-order valence-corrected chi connectivity index (χ3v) is 3.00. The quantitative estimate of drug-likeness (QED) is 0.385. The van der Waals surface area contributed by atoms with Crippen molar-refractivity contribution in [1.82, 2.24) is 0 Å². The van der Waals surface area contributed by atoms with Crippen LogP contribution in [0.25, 0.3) is 0 Å². The molecule has 0 radical (unpaired) electrons. The van der Waals surface area contributed by atoms with Crippen molar-refractivity contribution in [3.63, 3.8) is 0 Å². The van der Waals surface area contributed by atoms with Gasteiger partial charge in [0, 0.05) is 18.4 Å². The van der Waals surface area contributed by atoms with Gasteiger partial charge in [-0.15, -0.1) is 0 Å². The minimum absolute atomic E-state index is 0.0290. The van der Waals surface area contributed by atoms with Gasteiger partial charge in [0.1, 0.15) is 22.7 Å². The van der Waals surface area contributed by atoms with Gasteiger partial charge in [-0.05, 0) is 52.7 Å². The zero-order valence-corrected chi connectivity index (χ0v) is 15.5. The number of amides is 1. The van der Waals surface area contributed by atoms with E-state index in [1.54, 1.807) is 33.8 Å². The van der Waals surface area contributed by atoms with Gasteiger partial charge in [-0.1, -0.05) is 0 Å². The summed E-state index contributed by atoms with van der Waals surface area (Å²) < 4.78 is 10.6. The molecule has 0 atom stereocenters. The standard InChI is InChI=1S/C18H26N2O6/c1-12(20-17(24)26-18(2,3)4)19-13-7-8-14(16(22)23)15(11-13)25-10-6-5-9-21/h7-8,11,21H,5-6,9-10H2,1-4H3,(H,22,23)(H,19,20,24). The molecule has 8 heteroatoms. The number of anilines is 1. The molecule has 1 amide bonds. The molecule has 0 unspecified atom stereocenters. The number of hydrogen-bond acceptors (Lipinski definition) is 5. The number of aromatic carboxylic acids is 1. The monoisotopic (exact) mass is 366 g/mol. The second-order valence-corrected chi connectivity index (χ2v) is 6.60. The highest BCUT2D eigenvalue weighted by molar-refractivity contribution is 6.00. The van der Waals surface area contributed by atoms with Crippen LogP contribution in [0.1, 0.15) is 50.9 Å². The van der Waals surface area contributed by atoms with Crippen LogP contribution in [0, 0.1) is 0 Å². The molecule has 1 aromatic rings. The molecule has 0 heterocycles. The Bertz CT molecular complexity index is 664. The second kappa shape index (κ2) is 9.76. The van der Waals surface area contributed by atoms with E-state index in [0.29, 0.717) is 24.4 Å². The fourth-order valence-electron chi connectivity index (χ4n) is 1.95. The fourth-order valence-corrected chi connectivity index (χ4v) is 1.95. The van der Waals surface area contributed by atoms with Crippen LogP contribution in [0.5, 0.6) is 5.75 Å². The Morgan fingerprint density at radius 1 is 1.23 bits per heavy atom. The smallest absolute Gasteiger partial charge is 0.435 e. The van der Waals surface area contributed by atoms with E-state index in [9.17, 15) is 14.7 Å². The number of unbranched alkanes of at least 4 members (excludes halogenated alkanes) is 1. The zero-order chi connectivity index (χ0) is 19.7. The van der Waals surface area contributed by atoms with E-state index in [1.165, 1.54) is 12.1 Å². The maximum Gasteiger partial charge on any atom is 0.435 e. The van der Waals surface area contributed by atoms with Crippen molar-refractivity contribution < 1.29 is 29.3 Å². The maximum absolute atomic E-state index is 11.7. The summed E-state index contributed by atoms with van der Waals surface area (Å²) in [7, 11) is 0. The fraction of sp³-hybridized carbons (Fsp3) is 0.500. The number of aliphatic hydroxyl groups excluding tert-OH is 1. The molecule has 0 aliphatic carbocycles. The molecule has 0 aliphatic rings. The SMILES string of the molecule is C/C(=N\C(=O)OC(C)(C)C)Nc1ccc(C(=O)O)c(OCCCCO)c1.